The minimum Gasteiger partial charge on any atom is -0.369 e. The number of anilines is 1. The molecule has 0 aliphatic heterocycles. The highest BCUT2D eigenvalue weighted by Gasteiger charge is 2.26. The molecular formula is C19H26N6O5S. The number of benzene rings is 1. The van der Waals surface area contributed by atoms with Gasteiger partial charge in [-0.15, -0.1) is 0 Å². The average molecular weight is 451 g/mol. The van der Waals surface area contributed by atoms with Gasteiger partial charge in [-0.3, -0.25) is 24.1 Å². The van der Waals surface area contributed by atoms with Crippen molar-refractivity contribution in [2.24, 2.45) is 16.5 Å². The number of guanidine groups is 1. The van der Waals surface area contributed by atoms with Gasteiger partial charge in [0.15, 0.2) is 0 Å². The highest BCUT2D eigenvalue weighted by Crippen LogP contribution is 2.27. The zero-order valence-electron chi connectivity index (χ0n) is 17.4. The van der Waals surface area contributed by atoms with Crippen molar-refractivity contribution in [2.75, 3.05) is 18.4 Å². The maximum atomic E-state index is 12.9. The van der Waals surface area contributed by atoms with E-state index in [0.717, 1.165) is 5.56 Å². The number of aryl methyl sites for hydroxylation is 2. The second-order valence-corrected chi connectivity index (χ2v) is 8.52. The summed E-state index contributed by atoms with van der Waals surface area (Å²) >= 11 is 0. The first kappa shape index (κ1) is 23.9. The number of pyridine rings is 1. The van der Waals surface area contributed by atoms with Crippen molar-refractivity contribution in [3.05, 3.63) is 57.5 Å². The Kier molecular flexibility index (Phi) is 7.78. The largest absolute Gasteiger partial charge is 0.369 e. The van der Waals surface area contributed by atoms with Crippen LogP contribution in [0.15, 0.2) is 45.0 Å². The molecule has 7 N–H and O–H groups in total. The molecule has 168 valence electrons. The zero-order chi connectivity index (χ0) is 23.2. The summed E-state index contributed by atoms with van der Waals surface area (Å²) in [5.41, 5.74) is 13.7. The summed E-state index contributed by atoms with van der Waals surface area (Å²) < 4.78 is 28.0. The number of rotatable bonds is 9. The van der Waals surface area contributed by atoms with Crippen molar-refractivity contribution in [3.8, 4) is 0 Å². The Morgan fingerprint density at radius 2 is 1.97 bits per heavy atom. The molecule has 2 aromatic rings. The summed E-state index contributed by atoms with van der Waals surface area (Å²) in [4.78, 5) is 36.1. The van der Waals surface area contributed by atoms with Crippen molar-refractivity contribution in [1.82, 2.24) is 10.5 Å². The van der Waals surface area contributed by atoms with E-state index >= 15 is 0 Å². The Balaban J connectivity index is 2.40. The number of nitrogens with two attached hydrogens (primary N) is 2. The molecule has 1 amide bonds. The van der Waals surface area contributed by atoms with Crippen LogP contribution in [0.1, 0.15) is 29.2 Å². The molecule has 1 heterocycles. The van der Waals surface area contributed by atoms with Crippen LogP contribution in [0.3, 0.4) is 0 Å². The first-order valence-electron chi connectivity index (χ1n) is 9.28. The van der Waals surface area contributed by atoms with Gasteiger partial charge >= 0.3 is 0 Å². The normalized spacial score (nSPS) is 12.9. The number of H-pyrrole nitrogens is 1. The molecule has 2 rings (SSSR count). The van der Waals surface area contributed by atoms with E-state index in [0.29, 0.717) is 5.69 Å². The van der Waals surface area contributed by atoms with Crippen LogP contribution >= 0.6 is 0 Å². The molecule has 0 aliphatic carbocycles. The quantitative estimate of drug-likeness (QED) is 0.157. The van der Waals surface area contributed by atoms with Gasteiger partial charge in [-0.1, -0.05) is 12.1 Å². The van der Waals surface area contributed by atoms with Crippen molar-refractivity contribution >= 4 is 27.6 Å². The summed E-state index contributed by atoms with van der Waals surface area (Å²) in [5.74, 6) is -1.71. The molecule has 1 aromatic heterocycles. The fraction of sp³-hybridized carbons (Fsp3) is 0.316. The Morgan fingerprint density at radius 3 is 2.58 bits per heavy atom. The number of primary amides is 1. The van der Waals surface area contributed by atoms with Gasteiger partial charge in [0.25, 0.3) is 15.6 Å². The van der Waals surface area contributed by atoms with Crippen molar-refractivity contribution in [3.63, 3.8) is 0 Å². The minimum absolute atomic E-state index is 0.0141. The van der Waals surface area contributed by atoms with Crippen LogP contribution in [0.5, 0.6) is 0 Å². The molecule has 11 nitrogen and oxygen atoms in total. The van der Waals surface area contributed by atoms with Crippen LogP contribution in [0.25, 0.3) is 0 Å². The van der Waals surface area contributed by atoms with Gasteiger partial charge < -0.3 is 16.5 Å². The highest BCUT2D eigenvalue weighted by atomic mass is 32.2. The summed E-state index contributed by atoms with van der Waals surface area (Å²) in [6.07, 6.45) is 0.0569. The maximum Gasteiger partial charge on any atom is 0.272 e. The second kappa shape index (κ2) is 10.1. The SMILES string of the molecule is CN=C(N)NOCCC(C(N)=O)c1cc(C)[nH]c(=O)c1NS(=O)(=O)c1cccc(C)c1. The molecule has 31 heavy (non-hydrogen) atoms. The van der Waals surface area contributed by atoms with Crippen LogP contribution < -0.4 is 27.2 Å². The smallest absolute Gasteiger partial charge is 0.272 e. The standard InChI is InChI=1S/C19H26N6O5S/c1-11-5-4-6-13(9-11)31(28,29)25-16-15(10-12(2)23-18(16)27)14(17(20)26)7-8-30-24-19(21)22-3/h4-6,9-10,14,25H,7-8H2,1-3H3,(H2,20,26)(H,23,27)(H3,21,22,24). The van der Waals surface area contributed by atoms with Crippen LogP contribution in [-0.2, 0) is 19.7 Å². The molecule has 1 aromatic carbocycles. The lowest BCUT2D eigenvalue weighted by Crippen LogP contribution is -2.33. The molecule has 0 saturated heterocycles. The molecule has 0 aliphatic rings. The number of aromatic amines is 1. The third-order valence-electron chi connectivity index (χ3n) is 4.38. The van der Waals surface area contributed by atoms with Gasteiger partial charge in [-0.25, -0.2) is 13.9 Å². The number of hydrogen-bond donors (Lipinski definition) is 5. The summed E-state index contributed by atoms with van der Waals surface area (Å²) in [5, 5.41) is 0. The summed E-state index contributed by atoms with van der Waals surface area (Å²) in [6.45, 7) is 3.34. The summed E-state index contributed by atoms with van der Waals surface area (Å²) in [7, 11) is -2.63. The highest BCUT2D eigenvalue weighted by molar-refractivity contribution is 7.92. The van der Waals surface area contributed by atoms with Crippen molar-refractivity contribution in [2.45, 2.75) is 31.1 Å². The number of aliphatic imine (C=N–C) groups is 1. The molecular weight excluding hydrogens is 424 g/mol. The van der Waals surface area contributed by atoms with Crippen LogP contribution in [-0.4, -0.2) is 38.9 Å². The average Bonchev–Trinajstić information content (AvgIpc) is 2.69. The lowest BCUT2D eigenvalue weighted by Gasteiger charge is -2.19. The molecule has 1 atom stereocenters. The van der Waals surface area contributed by atoms with Crippen LogP contribution in [0.2, 0.25) is 0 Å². The van der Waals surface area contributed by atoms with Crippen LogP contribution in [0.4, 0.5) is 5.69 Å². The molecule has 12 heteroatoms. The summed E-state index contributed by atoms with van der Waals surface area (Å²) in [6, 6.07) is 7.71. The molecule has 1 unspecified atom stereocenters. The molecule has 0 bridgehead atoms. The number of hydrogen-bond acceptors (Lipinski definition) is 6. The topological polar surface area (TPSA) is 182 Å². The van der Waals surface area contributed by atoms with Crippen molar-refractivity contribution < 1.29 is 18.0 Å². The number of aromatic nitrogens is 1. The second-order valence-electron chi connectivity index (χ2n) is 6.84. The van der Waals surface area contributed by atoms with Crippen LogP contribution in [0, 0.1) is 13.8 Å². The molecule has 0 saturated carbocycles. The molecule has 0 fully saturated rings. The maximum absolute atomic E-state index is 12.9. The molecule has 0 radical (unpaired) electrons. The number of hydroxylamine groups is 1. The van der Waals surface area contributed by atoms with E-state index in [2.05, 4.69) is 20.2 Å². The number of carbonyl (C=O) groups excluding carboxylic acids is 1. The lowest BCUT2D eigenvalue weighted by atomic mass is 9.94. The fourth-order valence-electron chi connectivity index (χ4n) is 2.87. The van der Waals surface area contributed by atoms with E-state index in [4.69, 9.17) is 16.3 Å². The van der Waals surface area contributed by atoms with Gasteiger partial charge in [0, 0.05) is 12.7 Å². The first-order valence-corrected chi connectivity index (χ1v) is 10.8. The van der Waals surface area contributed by atoms with E-state index in [1.54, 1.807) is 26.0 Å². The molecule has 0 spiro atoms. The Hall–Kier alpha value is -3.38. The van der Waals surface area contributed by atoms with Gasteiger partial charge in [0.1, 0.15) is 5.69 Å². The van der Waals surface area contributed by atoms with Gasteiger partial charge in [0.2, 0.25) is 11.9 Å². The predicted molar refractivity (Wildman–Crippen MR) is 117 cm³/mol. The van der Waals surface area contributed by atoms with E-state index in [9.17, 15) is 18.0 Å². The first-order chi connectivity index (χ1) is 14.5. The Bertz CT molecular complexity index is 1140. The monoisotopic (exact) mass is 450 g/mol. The Labute approximate surface area is 179 Å². The van der Waals surface area contributed by atoms with E-state index in [1.807, 2.05) is 0 Å². The number of sulfonamides is 1. The third-order valence-corrected chi connectivity index (χ3v) is 5.73. The number of carbonyl (C=O) groups is 1. The predicted octanol–water partition coefficient (Wildman–Crippen LogP) is 0.217. The number of nitrogens with zero attached hydrogens (tertiary/aromatic N) is 1. The van der Waals surface area contributed by atoms with E-state index in [-0.39, 0.29) is 35.1 Å². The fourth-order valence-corrected chi connectivity index (χ4v) is 4.06. The lowest BCUT2D eigenvalue weighted by molar-refractivity contribution is -0.120. The number of amides is 1. The Morgan fingerprint density at radius 1 is 1.26 bits per heavy atom. The minimum atomic E-state index is -4.09. The van der Waals surface area contributed by atoms with Gasteiger partial charge in [-0.05, 0) is 49.6 Å². The van der Waals surface area contributed by atoms with E-state index < -0.39 is 27.4 Å². The zero-order valence-corrected chi connectivity index (χ0v) is 18.2. The van der Waals surface area contributed by atoms with E-state index in [1.165, 1.54) is 25.2 Å². The van der Waals surface area contributed by atoms with Gasteiger partial charge in [-0.2, -0.15) is 0 Å². The number of nitrogens with one attached hydrogen (secondary N) is 3. The third kappa shape index (κ3) is 6.30. The van der Waals surface area contributed by atoms with Gasteiger partial charge in [0.05, 0.1) is 17.4 Å². The van der Waals surface area contributed by atoms with Crippen molar-refractivity contribution in [1.29, 1.82) is 0 Å².